The van der Waals surface area contributed by atoms with Crippen LogP contribution in [-0.2, 0) is 6.54 Å². The summed E-state index contributed by atoms with van der Waals surface area (Å²) in [6.07, 6.45) is 3.95. The monoisotopic (exact) mass is 287 g/mol. The van der Waals surface area contributed by atoms with Crippen molar-refractivity contribution in [3.8, 4) is 0 Å². The van der Waals surface area contributed by atoms with E-state index >= 15 is 0 Å². The van der Waals surface area contributed by atoms with Crippen LogP contribution in [0.1, 0.15) is 35.4 Å². The normalized spacial score (nSPS) is 15.4. The molecule has 5 heteroatoms. The number of nitrogens with two attached hydrogens (primary N) is 1. The van der Waals surface area contributed by atoms with Crippen molar-refractivity contribution in [2.24, 2.45) is 11.8 Å². The molecule has 1 amide bonds. The first-order valence-corrected chi connectivity index (χ1v) is 7.39. The molecule has 21 heavy (non-hydrogen) atoms. The molecule has 0 unspecified atom stereocenters. The van der Waals surface area contributed by atoms with Crippen molar-refractivity contribution in [1.29, 1.82) is 0 Å². The third-order valence-electron chi connectivity index (χ3n) is 4.23. The molecule has 1 aliphatic carbocycles. The van der Waals surface area contributed by atoms with Gasteiger partial charge >= 0.3 is 0 Å². The molecule has 3 rings (SSSR count). The fraction of sp³-hybridized carbons (Fsp3) is 0.438. The molecule has 1 aromatic heterocycles. The molecule has 1 saturated carbocycles. The van der Waals surface area contributed by atoms with Crippen molar-refractivity contribution in [3.05, 3.63) is 35.6 Å². The average molecular weight is 287 g/mol. The largest absolute Gasteiger partial charge is 0.459 e. The highest BCUT2D eigenvalue weighted by atomic mass is 16.3. The topological polar surface area (TPSA) is 71.5 Å². The predicted molar refractivity (Wildman–Crippen MR) is 81.5 cm³/mol. The van der Waals surface area contributed by atoms with Gasteiger partial charge in [0.15, 0.2) is 0 Å². The van der Waals surface area contributed by atoms with E-state index in [9.17, 15) is 4.79 Å². The number of carbonyl (C=O) groups is 1. The van der Waals surface area contributed by atoms with E-state index < -0.39 is 0 Å². The van der Waals surface area contributed by atoms with Crippen molar-refractivity contribution in [2.45, 2.75) is 25.8 Å². The van der Waals surface area contributed by atoms with Crippen molar-refractivity contribution in [1.82, 2.24) is 10.3 Å². The summed E-state index contributed by atoms with van der Waals surface area (Å²) in [4.78, 5) is 14.3. The molecule has 0 aliphatic heterocycles. The van der Waals surface area contributed by atoms with Gasteiger partial charge in [-0.2, -0.15) is 0 Å². The van der Waals surface area contributed by atoms with Crippen LogP contribution >= 0.6 is 0 Å². The molecule has 0 radical (unpaired) electrons. The first-order chi connectivity index (χ1) is 10.2. The number of hydrogen-bond acceptors (Lipinski definition) is 4. The van der Waals surface area contributed by atoms with Crippen LogP contribution in [0.2, 0.25) is 0 Å². The number of carbonyl (C=O) groups excluding carboxylic acids is 1. The van der Waals surface area contributed by atoms with Crippen LogP contribution in [0.3, 0.4) is 0 Å². The van der Waals surface area contributed by atoms with Crippen LogP contribution in [-0.4, -0.2) is 24.4 Å². The van der Waals surface area contributed by atoms with Gasteiger partial charge in [0.1, 0.15) is 11.3 Å². The molecule has 0 atom stereocenters. The number of nitrogens with one attached hydrogen (secondary N) is 1. The van der Waals surface area contributed by atoms with Gasteiger partial charge in [-0.25, -0.2) is 5.84 Å². The Balaban J connectivity index is 1.87. The second-order valence-electron chi connectivity index (χ2n) is 5.86. The van der Waals surface area contributed by atoms with Gasteiger partial charge in [0, 0.05) is 11.9 Å². The van der Waals surface area contributed by atoms with Crippen LogP contribution in [0.15, 0.2) is 28.7 Å². The van der Waals surface area contributed by atoms with Crippen molar-refractivity contribution in [3.63, 3.8) is 0 Å². The van der Waals surface area contributed by atoms with Gasteiger partial charge in [-0.1, -0.05) is 24.6 Å². The molecule has 3 N–H and O–H groups in total. The molecule has 1 heterocycles. The molecule has 1 aromatic carbocycles. The van der Waals surface area contributed by atoms with Gasteiger partial charge < -0.3 is 4.42 Å². The van der Waals surface area contributed by atoms with E-state index in [0.29, 0.717) is 17.9 Å². The number of benzene rings is 1. The number of hydrogen-bond donors (Lipinski definition) is 2. The minimum Gasteiger partial charge on any atom is -0.459 e. The third kappa shape index (κ3) is 2.80. The number of rotatable bonds is 5. The van der Waals surface area contributed by atoms with Gasteiger partial charge in [-0.05, 0) is 31.9 Å². The Morgan fingerprint density at radius 2 is 2.19 bits per heavy atom. The zero-order chi connectivity index (χ0) is 14.8. The molecule has 2 aromatic rings. The maximum Gasteiger partial charge on any atom is 0.269 e. The fourth-order valence-corrected chi connectivity index (χ4v) is 2.95. The van der Waals surface area contributed by atoms with Crippen molar-refractivity contribution < 1.29 is 9.21 Å². The summed E-state index contributed by atoms with van der Waals surface area (Å²) in [6.45, 7) is 1.66. The molecular formula is C16H21N3O2. The summed E-state index contributed by atoms with van der Waals surface area (Å²) in [7, 11) is 2.07. The van der Waals surface area contributed by atoms with E-state index in [0.717, 1.165) is 23.4 Å². The highest BCUT2D eigenvalue weighted by Gasteiger charge is 2.23. The standard InChI is InChI=1S/C16H21N3O2/c1-19(9-11-5-4-6-11)10-14-15(16(20)18-17)12-7-2-3-8-13(12)21-14/h2-3,7-8,11H,4-6,9-10,17H2,1H3,(H,18,20). The number of hydrazine groups is 1. The van der Waals surface area contributed by atoms with Gasteiger partial charge in [-0.15, -0.1) is 0 Å². The van der Waals surface area contributed by atoms with E-state index in [1.165, 1.54) is 19.3 Å². The Kier molecular flexibility index (Phi) is 3.94. The number of para-hydroxylation sites is 1. The molecule has 0 spiro atoms. The molecule has 1 aliphatic rings. The number of nitrogen functional groups attached to an aromatic ring is 1. The Bertz CT molecular complexity index is 646. The minimum absolute atomic E-state index is 0.299. The Hall–Kier alpha value is -1.85. The lowest BCUT2D eigenvalue weighted by Crippen LogP contribution is -2.32. The zero-order valence-electron chi connectivity index (χ0n) is 12.3. The van der Waals surface area contributed by atoms with Crippen LogP contribution in [0.25, 0.3) is 11.0 Å². The minimum atomic E-state index is -0.299. The summed E-state index contributed by atoms with van der Waals surface area (Å²) < 4.78 is 5.87. The van der Waals surface area contributed by atoms with E-state index in [1.54, 1.807) is 0 Å². The summed E-state index contributed by atoms with van der Waals surface area (Å²) >= 11 is 0. The van der Waals surface area contributed by atoms with Crippen molar-refractivity contribution >= 4 is 16.9 Å². The molecular weight excluding hydrogens is 266 g/mol. The smallest absolute Gasteiger partial charge is 0.269 e. The lowest BCUT2D eigenvalue weighted by Gasteiger charge is -2.29. The summed E-state index contributed by atoms with van der Waals surface area (Å²) in [6, 6.07) is 7.56. The van der Waals surface area contributed by atoms with E-state index in [1.807, 2.05) is 24.3 Å². The van der Waals surface area contributed by atoms with E-state index in [2.05, 4.69) is 17.4 Å². The average Bonchev–Trinajstić information content (AvgIpc) is 2.80. The maximum atomic E-state index is 12.1. The van der Waals surface area contributed by atoms with Crippen LogP contribution in [0.5, 0.6) is 0 Å². The van der Waals surface area contributed by atoms with Gasteiger partial charge in [0.25, 0.3) is 5.91 Å². The number of fused-ring (bicyclic) bond motifs is 1. The summed E-state index contributed by atoms with van der Waals surface area (Å²) in [5.74, 6) is 6.48. The molecule has 0 saturated heterocycles. The van der Waals surface area contributed by atoms with Gasteiger partial charge in [0.05, 0.1) is 12.1 Å². The second kappa shape index (κ2) is 5.87. The predicted octanol–water partition coefficient (Wildman–Crippen LogP) is 2.27. The summed E-state index contributed by atoms with van der Waals surface area (Å²) in [5, 5.41) is 0.812. The molecule has 5 nitrogen and oxygen atoms in total. The van der Waals surface area contributed by atoms with Gasteiger partial charge in [0.2, 0.25) is 0 Å². The Morgan fingerprint density at radius 3 is 2.86 bits per heavy atom. The zero-order valence-corrected chi connectivity index (χ0v) is 12.3. The molecule has 0 bridgehead atoms. The Labute approximate surface area is 124 Å². The van der Waals surface area contributed by atoms with Crippen LogP contribution in [0, 0.1) is 5.92 Å². The SMILES string of the molecule is CN(Cc1oc2ccccc2c1C(=O)NN)CC1CCC1. The Morgan fingerprint density at radius 1 is 1.43 bits per heavy atom. The molecule has 1 fully saturated rings. The highest BCUT2D eigenvalue weighted by Crippen LogP contribution is 2.29. The lowest BCUT2D eigenvalue weighted by molar-refractivity contribution is 0.0951. The lowest BCUT2D eigenvalue weighted by atomic mass is 9.85. The quantitative estimate of drug-likeness (QED) is 0.503. The molecule has 112 valence electrons. The number of furan rings is 1. The van der Waals surface area contributed by atoms with Crippen molar-refractivity contribution in [2.75, 3.05) is 13.6 Å². The summed E-state index contributed by atoms with van der Waals surface area (Å²) in [5.41, 5.74) is 3.49. The van der Waals surface area contributed by atoms with E-state index in [-0.39, 0.29) is 5.91 Å². The van der Waals surface area contributed by atoms with E-state index in [4.69, 9.17) is 10.3 Å². The first-order valence-electron chi connectivity index (χ1n) is 7.39. The number of nitrogens with zero attached hydrogens (tertiary/aromatic N) is 1. The van der Waals surface area contributed by atoms with Crippen LogP contribution < -0.4 is 11.3 Å². The third-order valence-corrected chi connectivity index (χ3v) is 4.23. The van der Waals surface area contributed by atoms with Gasteiger partial charge in [-0.3, -0.25) is 15.1 Å². The fourth-order valence-electron chi connectivity index (χ4n) is 2.95. The second-order valence-corrected chi connectivity index (χ2v) is 5.86. The first kappa shape index (κ1) is 14.1. The maximum absolute atomic E-state index is 12.1. The van der Waals surface area contributed by atoms with Crippen LogP contribution in [0.4, 0.5) is 0 Å². The highest BCUT2D eigenvalue weighted by molar-refractivity contribution is 6.07. The number of amides is 1.